The lowest BCUT2D eigenvalue weighted by Gasteiger charge is -2.12. The Morgan fingerprint density at radius 2 is 1.34 bits per heavy atom. The molecule has 0 atom stereocenters. The van der Waals surface area contributed by atoms with Crippen molar-refractivity contribution in [3.8, 4) is 33.5 Å². The van der Waals surface area contributed by atoms with E-state index in [-0.39, 0.29) is 0 Å². The van der Waals surface area contributed by atoms with E-state index in [1.54, 1.807) is 0 Å². The van der Waals surface area contributed by atoms with Crippen LogP contribution in [0.1, 0.15) is 11.3 Å². The first-order valence-electron chi connectivity index (χ1n) is 13.9. The van der Waals surface area contributed by atoms with Gasteiger partial charge in [0.15, 0.2) is 5.58 Å². The van der Waals surface area contributed by atoms with Crippen LogP contribution >= 0.6 is 0 Å². The van der Waals surface area contributed by atoms with E-state index in [1.165, 1.54) is 33.0 Å². The summed E-state index contributed by atoms with van der Waals surface area (Å²) in [7, 11) is 0. The van der Waals surface area contributed by atoms with Gasteiger partial charge >= 0.3 is 0 Å². The van der Waals surface area contributed by atoms with Gasteiger partial charge in [-0.3, -0.25) is 4.98 Å². The highest BCUT2D eigenvalue weighted by atomic mass is 16.3. The van der Waals surface area contributed by atoms with Crippen LogP contribution in [0, 0.1) is 13.8 Å². The van der Waals surface area contributed by atoms with Gasteiger partial charge < -0.3 is 4.42 Å². The van der Waals surface area contributed by atoms with Crippen molar-refractivity contribution < 1.29 is 4.42 Å². The van der Waals surface area contributed by atoms with Crippen molar-refractivity contribution in [2.75, 3.05) is 0 Å². The Bertz CT molecular complexity index is 2280. The Morgan fingerprint density at radius 3 is 2.24 bits per heavy atom. The highest BCUT2D eigenvalue weighted by Crippen LogP contribution is 2.39. The molecule has 5 aromatic carbocycles. The zero-order valence-corrected chi connectivity index (χ0v) is 22.8. The molecule has 0 saturated carbocycles. The fourth-order valence-corrected chi connectivity index (χ4v) is 6.09. The zero-order chi connectivity index (χ0) is 27.5. The van der Waals surface area contributed by atoms with Crippen LogP contribution in [-0.4, -0.2) is 9.97 Å². The summed E-state index contributed by atoms with van der Waals surface area (Å²) >= 11 is 0. The standard InChI is InChI=1S/C38H26N2O/c1-23-11-12-26-13-18-33-32-9-6-10-34(37(32)41-38(33)36(26)40-23)35-22-29(19-20-39-35)31-17-15-28-21-27(14-16-30(28)24(31)2)25-7-4-3-5-8-25/h3-22H,1-2H3. The Morgan fingerprint density at radius 1 is 0.537 bits per heavy atom. The number of para-hydroxylation sites is 1. The number of hydrogen-bond acceptors (Lipinski definition) is 3. The van der Waals surface area contributed by atoms with Crippen LogP contribution in [0.4, 0.5) is 0 Å². The van der Waals surface area contributed by atoms with Gasteiger partial charge in [0, 0.05) is 33.6 Å². The van der Waals surface area contributed by atoms with E-state index in [9.17, 15) is 0 Å². The van der Waals surface area contributed by atoms with Crippen molar-refractivity contribution >= 4 is 43.6 Å². The van der Waals surface area contributed by atoms with Crippen LogP contribution in [0.5, 0.6) is 0 Å². The van der Waals surface area contributed by atoms with Crippen molar-refractivity contribution in [1.29, 1.82) is 0 Å². The van der Waals surface area contributed by atoms with E-state index >= 15 is 0 Å². The van der Waals surface area contributed by atoms with E-state index in [0.29, 0.717) is 0 Å². The monoisotopic (exact) mass is 526 g/mol. The number of aromatic nitrogens is 2. The van der Waals surface area contributed by atoms with Gasteiger partial charge in [-0.15, -0.1) is 0 Å². The molecular weight excluding hydrogens is 500 g/mol. The maximum absolute atomic E-state index is 6.58. The summed E-state index contributed by atoms with van der Waals surface area (Å²) in [6.07, 6.45) is 1.90. The molecule has 3 heterocycles. The first-order chi connectivity index (χ1) is 20.1. The van der Waals surface area contributed by atoms with Gasteiger partial charge in [0.1, 0.15) is 11.1 Å². The van der Waals surface area contributed by atoms with Gasteiger partial charge in [0.05, 0.1) is 5.69 Å². The summed E-state index contributed by atoms with van der Waals surface area (Å²) < 4.78 is 6.58. The van der Waals surface area contributed by atoms with Crippen LogP contribution in [0.15, 0.2) is 126 Å². The molecule has 8 rings (SSSR count). The third-order valence-electron chi connectivity index (χ3n) is 8.21. The summed E-state index contributed by atoms with van der Waals surface area (Å²) in [5, 5.41) is 5.72. The largest absolute Gasteiger partial charge is 0.453 e. The number of fused-ring (bicyclic) bond motifs is 6. The van der Waals surface area contributed by atoms with E-state index in [0.717, 1.165) is 55.4 Å². The molecular formula is C38H26N2O. The number of hydrogen-bond donors (Lipinski definition) is 0. The number of nitrogens with zero attached hydrogens (tertiary/aromatic N) is 2. The highest BCUT2D eigenvalue weighted by molar-refractivity contribution is 6.16. The molecule has 0 N–H and O–H groups in total. The molecule has 3 aromatic heterocycles. The lowest BCUT2D eigenvalue weighted by atomic mass is 9.93. The van der Waals surface area contributed by atoms with Gasteiger partial charge in [0.2, 0.25) is 0 Å². The van der Waals surface area contributed by atoms with Crippen molar-refractivity contribution in [3.05, 3.63) is 133 Å². The molecule has 8 aromatic rings. The van der Waals surface area contributed by atoms with Crippen LogP contribution in [0.25, 0.3) is 77.1 Å². The Balaban J connectivity index is 1.25. The zero-order valence-electron chi connectivity index (χ0n) is 22.8. The Labute approximate surface area is 237 Å². The summed E-state index contributed by atoms with van der Waals surface area (Å²) in [4.78, 5) is 9.60. The minimum Gasteiger partial charge on any atom is -0.453 e. The van der Waals surface area contributed by atoms with Gasteiger partial charge in [0.25, 0.3) is 0 Å². The summed E-state index contributed by atoms with van der Waals surface area (Å²) in [5.74, 6) is 0. The average molecular weight is 527 g/mol. The molecule has 3 heteroatoms. The van der Waals surface area contributed by atoms with Gasteiger partial charge in [-0.25, -0.2) is 4.98 Å². The Hall–Kier alpha value is -5.28. The smallest absolute Gasteiger partial charge is 0.161 e. The molecule has 0 aliphatic carbocycles. The summed E-state index contributed by atoms with van der Waals surface area (Å²) in [6, 6.07) is 40.7. The molecule has 0 aliphatic heterocycles. The molecule has 0 saturated heterocycles. The average Bonchev–Trinajstić information content (AvgIpc) is 3.41. The van der Waals surface area contributed by atoms with Gasteiger partial charge in [-0.05, 0) is 88.8 Å². The van der Waals surface area contributed by atoms with Crippen LogP contribution < -0.4 is 0 Å². The SMILES string of the molecule is Cc1ccc2ccc3c4cccc(-c5cc(-c6ccc7cc(-c8ccccc8)ccc7c6C)ccn5)c4oc3c2n1. The number of benzene rings is 5. The molecule has 0 radical (unpaired) electrons. The minimum absolute atomic E-state index is 0.824. The van der Waals surface area contributed by atoms with E-state index in [1.807, 2.05) is 19.2 Å². The minimum atomic E-state index is 0.824. The number of aryl methyl sites for hydroxylation is 2. The van der Waals surface area contributed by atoms with E-state index in [4.69, 9.17) is 14.4 Å². The maximum atomic E-state index is 6.58. The van der Waals surface area contributed by atoms with E-state index in [2.05, 4.69) is 116 Å². The number of furan rings is 1. The van der Waals surface area contributed by atoms with Crippen molar-refractivity contribution in [2.24, 2.45) is 0 Å². The highest BCUT2D eigenvalue weighted by Gasteiger charge is 2.17. The van der Waals surface area contributed by atoms with E-state index < -0.39 is 0 Å². The molecule has 0 spiro atoms. The summed E-state index contributed by atoms with van der Waals surface area (Å²) in [5.41, 5.74) is 11.5. The Kier molecular flexibility index (Phi) is 5.26. The normalized spacial score (nSPS) is 11.7. The second kappa shape index (κ2) is 9.14. The van der Waals surface area contributed by atoms with Crippen LogP contribution in [0.2, 0.25) is 0 Å². The quantitative estimate of drug-likeness (QED) is 0.230. The maximum Gasteiger partial charge on any atom is 0.161 e. The van der Waals surface area contributed by atoms with Crippen molar-refractivity contribution in [1.82, 2.24) is 9.97 Å². The first-order valence-corrected chi connectivity index (χ1v) is 13.9. The lowest BCUT2D eigenvalue weighted by Crippen LogP contribution is -1.90. The lowest BCUT2D eigenvalue weighted by molar-refractivity contribution is 0.672. The fraction of sp³-hybridized carbons (Fsp3) is 0.0526. The third-order valence-corrected chi connectivity index (χ3v) is 8.21. The molecule has 0 fully saturated rings. The number of pyridine rings is 2. The van der Waals surface area contributed by atoms with Crippen molar-refractivity contribution in [3.63, 3.8) is 0 Å². The fourth-order valence-electron chi connectivity index (χ4n) is 6.09. The molecule has 194 valence electrons. The van der Waals surface area contributed by atoms with Gasteiger partial charge in [-0.1, -0.05) is 78.9 Å². The first kappa shape index (κ1) is 23.6. The predicted molar refractivity (Wildman–Crippen MR) is 170 cm³/mol. The molecule has 0 aliphatic rings. The molecule has 41 heavy (non-hydrogen) atoms. The van der Waals surface area contributed by atoms with Crippen LogP contribution in [0.3, 0.4) is 0 Å². The number of rotatable bonds is 3. The van der Waals surface area contributed by atoms with Crippen LogP contribution in [-0.2, 0) is 0 Å². The predicted octanol–water partition coefficient (Wildman–Crippen LogP) is 10.3. The molecule has 0 bridgehead atoms. The topological polar surface area (TPSA) is 38.9 Å². The molecule has 3 nitrogen and oxygen atoms in total. The molecule has 0 amide bonds. The van der Waals surface area contributed by atoms with Crippen molar-refractivity contribution in [2.45, 2.75) is 13.8 Å². The molecule has 0 unspecified atom stereocenters. The summed E-state index contributed by atoms with van der Waals surface area (Å²) in [6.45, 7) is 4.22. The van der Waals surface area contributed by atoms with Gasteiger partial charge in [-0.2, -0.15) is 0 Å². The third kappa shape index (κ3) is 3.81. The second-order valence-electron chi connectivity index (χ2n) is 10.7. The second-order valence-corrected chi connectivity index (χ2v) is 10.7.